The van der Waals surface area contributed by atoms with Gasteiger partial charge in [0.25, 0.3) is 5.91 Å². The van der Waals surface area contributed by atoms with Crippen LogP contribution in [0.2, 0.25) is 0 Å². The lowest BCUT2D eigenvalue weighted by Crippen LogP contribution is -2.28. The van der Waals surface area contributed by atoms with Crippen molar-refractivity contribution in [3.8, 4) is 0 Å². The Bertz CT molecular complexity index is 905. The van der Waals surface area contributed by atoms with Crippen molar-refractivity contribution in [3.05, 3.63) is 51.2 Å². The Morgan fingerprint density at radius 1 is 1.00 bits per heavy atom. The Morgan fingerprint density at radius 3 is 2.36 bits per heavy atom. The van der Waals surface area contributed by atoms with E-state index in [1.165, 1.54) is 0 Å². The van der Waals surface area contributed by atoms with Gasteiger partial charge < -0.3 is 16.4 Å². The summed E-state index contributed by atoms with van der Waals surface area (Å²) in [5.74, 6) is -1.36. The highest BCUT2D eigenvalue weighted by Crippen LogP contribution is 2.22. The third kappa shape index (κ3) is 6.02. The molecule has 0 aliphatic rings. The van der Waals surface area contributed by atoms with Gasteiger partial charge in [-0.2, -0.15) is 0 Å². The van der Waals surface area contributed by atoms with Crippen molar-refractivity contribution in [3.63, 3.8) is 0 Å². The van der Waals surface area contributed by atoms with Crippen molar-refractivity contribution in [2.75, 3.05) is 11.9 Å². The Labute approximate surface area is 167 Å². The molecule has 1 heterocycles. The highest BCUT2D eigenvalue weighted by atomic mass is 32.1. The monoisotopic (exact) mass is 401 g/mol. The van der Waals surface area contributed by atoms with E-state index < -0.39 is 11.8 Å². The van der Waals surface area contributed by atoms with E-state index in [-0.39, 0.29) is 43.1 Å². The molecule has 2 rings (SSSR count). The van der Waals surface area contributed by atoms with Crippen molar-refractivity contribution in [1.29, 1.82) is 0 Å². The van der Waals surface area contributed by atoms with Crippen molar-refractivity contribution in [2.45, 2.75) is 33.1 Å². The number of thiophene rings is 1. The van der Waals surface area contributed by atoms with Crippen LogP contribution in [0, 0.1) is 13.8 Å². The number of hydrogen-bond donors (Lipinski definition) is 3. The maximum Gasteiger partial charge on any atom is 0.253 e. The molecule has 0 saturated carbocycles. The molecule has 0 fully saturated rings. The Kier molecular flexibility index (Phi) is 7.45. The predicted molar refractivity (Wildman–Crippen MR) is 109 cm³/mol. The number of para-hydroxylation sites is 1. The first-order valence-electron chi connectivity index (χ1n) is 8.83. The van der Waals surface area contributed by atoms with E-state index in [9.17, 15) is 19.2 Å². The first-order valence-corrected chi connectivity index (χ1v) is 9.65. The number of ketones is 1. The highest BCUT2D eigenvalue weighted by molar-refractivity contribution is 7.12. The summed E-state index contributed by atoms with van der Waals surface area (Å²) in [6.07, 6.45) is 0.143. The van der Waals surface area contributed by atoms with E-state index in [4.69, 9.17) is 5.73 Å². The van der Waals surface area contributed by atoms with Crippen LogP contribution in [0.4, 0.5) is 5.69 Å². The second-order valence-electron chi connectivity index (χ2n) is 6.32. The lowest BCUT2D eigenvalue weighted by Gasteiger charge is -2.11. The van der Waals surface area contributed by atoms with E-state index >= 15 is 0 Å². The largest absolute Gasteiger partial charge is 0.370 e. The van der Waals surface area contributed by atoms with Gasteiger partial charge in [0.05, 0.1) is 11.3 Å². The third-order valence-corrected chi connectivity index (χ3v) is 4.99. The van der Waals surface area contributed by atoms with Crippen LogP contribution in [0.1, 0.15) is 49.7 Å². The molecule has 0 saturated heterocycles. The van der Waals surface area contributed by atoms with Gasteiger partial charge in [-0.25, -0.2) is 0 Å². The number of primary amides is 1. The topological polar surface area (TPSA) is 118 Å². The minimum Gasteiger partial charge on any atom is -0.370 e. The molecular formula is C20H23N3O4S. The normalized spacial score (nSPS) is 10.4. The molecule has 0 aliphatic carbocycles. The molecule has 3 amide bonds. The van der Waals surface area contributed by atoms with Crippen LogP contribution >= 0.6 is 11.3 Å². The van der Waals surface area contributed by atoms with E-state index in [1.807, 2.05) is 19.9 Å². The van der Waals surface area contributed by atoms with E-state index in [0.29, 0.717) is 11.3 Å². The SMILES string of the molecule is Cc1cc(C(=O)CCC(=O)Nc2ccccc2C(=O)NCCC(N)=O)c(C)s1. The first kappa shape index (κ1) is 21.3. The van der Waals surface area contributed by atoms with Crippen molar-refractivity contribution < 1.29 is 19.2 Å². The van der Waals surface area contributed by atoms with Crippen LogP contribution in [0.5, 0.6) is 0 Å². The molecule has 0 aliphatic heterocycles. The number of nitrogens with one attached hydrogen (secondary N) is 2. The van der Waals surface area contributed by atoms with Gasteiger partial charge in [-0.05, 0) is 32.0 Å². The Balaban J connectivity index is 1.94. The zero-order chi connectivity index (χ0) is 20.7. The van der Waals surface area contributed by atoms with Crippen molar-refractivity contribution in [1.82, 2.24) is 5.32 Å². The van der Waals surface area contributed by atoms with Gasteiger partial charge in [-0.15, -0.1) is 11.3 Å². The average molecular weight is 401 g/mol. The molecule has 1 aromatic heterocycles. The molecule has 0 spiro atoms. The summed E-state index contributed by atoms with van der Waals surface area (Å²) in [6.45, 7) is 3.94. The molecular weight excluding hydrogens is 378 g/mol. The number of hydrogen-bond acceptors (Lipinski definition) is 5. The smallest absolute Gasteiger partial charge is 0.253 e. The first-order chi connectivity index (χ1) is 13.3. The number of Topliss-reactive ketones (excluding diaryl/α,β-unsaturated/α-hetero) is 1. The molecule has 28 heavy (non-hydrogen) atoms. The number of benzene rings is 1. The number of carbonyl (C=O) groups excluding carboxylic acids is 4. The van der Waals surface area contributed by atoms with Gasteiger partial charge in [0.15, 0.2) is 5.78 Å². The molecule has 0 atom stereocenters. The quantitative estimate of drug-likeness (QED) is 0.560. The molecule has 0 bridgehead atoms. The van der Waals surface area contributed by atoms with Gasteiger partial charge in [0, 0.05) is 41.1 Å². The molecule has 0 radical (unpaired) electrons. The minimum absolute atomic E-state index is 0.0186. The number of aryl methyl sites for hydroxylation is 2. The number of rotatable bonds is 9. The molecule has 2 aromatic rings. The standard InChI is InChI=1S/C20H23N3O4S/c1-12-11-15(13(2)28-12)17(24)7-8-19(26)23-16-6-4-3-5-14(16)20(27)22-10-9-18(21)25/h3-6,11H,7-10H2,1-2H3,(H2,21,25)(H,22,27)(H,23,26). The molecule has 0 unspecified atom stereocenters. The fourth-order valence-corrected chi connectivity index (χ4v) is 3.61. The fourth-order valence-electron chi connectivity index (χ4n) is 2.67. The van der Waals surface area contributed by atoms with Crippen LogP contribution in [-0.2, 0) is 9.59 Å². The number of carbonyl (C=O) groups is 4. The van der Waals surface area contributed by atoms with E-state index in [1.54, 1.807) is 35.6 Å². The number of anilines is 1. The summed E-state index contributed by atoms with van der Waals surface area (Å²) in [5.41, 5.74) is 6.33. The summed E-state index contributed by atoms with van der Waals surface area (Å²) in [7, 11) is 0. The van der Waals surface area contributed by atoms with Crippen molar-refractivity contribution in [2.24, 2.45) is 5.73 Å². The average Bonchev–Trinajstić information content (AvgIpc) is 2.98. The summed E-state index contributed by atoms with van der Waals surface area (Å²) in [5, 5.41) is 5.26. The zero-order valence-electron chi connectivity index (χ0n) is 15.8. The summed E-state index contributed by atoms with van der Waals surface area (Å²) in [6, 6.07) is 8.38. The zero-order valence-corrected chi connectivity index (χ0v) is 16.7. The molecule has 4 N–H and O–H groups in total. The fraction of sp³-hybridized carbons (Fsp3) is 0.300. The van der Waals surface area contributed by atoms with Gasteiger partial charge in [-0.3, -0.25) is 19.2 Å². The summed E-state index contributed by atoms with van der Waals surface area (Å²) >= 11 is 1.55. The van der Waals surface area contributed by atoms with Crippen LogP contribution in [-0.4, -0.2) is 30.0 Å². The minimum atomic E-state index is -0.511. The molecule has 8 heteroatoms. The van der Waals surface area contributed by atoms with Crippen LogP contribution in [0.3, 0.4) is 0 Å². The Hall–Kier alpha value is -3.00. The predicted octanol–water partition coefficient (Wildman–Crippen LogP) is 2.57. The van der Waals surface area contributed by atoms with Gasteiger partial charge in [0.2, 0.25) is 11.8 Å². The van der Waals surface area contributed by atoms with Gasteiger partial charge >= 0.3 is 0 Å². The molecule has 7 nitrogen and oxygen atoms in total. The molecule has 1 aromatic carbocycles. The van der Waals surface area contributed by atoms with Crippen LogP contribution in [0.15, 0.2) is 30.3 Å². The second-order valence-corrected chi connectivity index (χ2v) is 7.78. The maximum absolute atomic E-state index is 12.3. The van der Waals surface area contributed by atoms with Gasteiger partial charge in [-0.1, -0.05) is 12.1 Å². The lowest BCUT2D eigenvalue weighted by atomic mass is 10.1. The third-order valence-electron chi connectivity index (χ3n) is 4.02. The summed E-state index contributed by atoms with van der Waals surface area (Å²) < 4.78 is 0. The number of amides is 3. The van der Waals surface area contributed by atoms with Gasteiger partial charge in [0.1, 0.15) is 0 Å². The van der Waals surface area contributed by atoms with Crippen LogP contribution < -0.4 is 16.4 Å². The lowest BCUT2D eigenvalue weighted by molar-refractivity contribution is -0.118. The van der Waals surface area contributed by atoms with Crippen LogP contribution in [0.25, 0.3) is 0 Å². The molecule has 148 valence electrons. The van der Waals surface area contributed by atoms with Crippen molar-refractivity contribution >= 4 is 40.5 Å². The highest BCUT2D eigenvalue weighted by Gasteiger charge is 2.16. The summed E-state index contributed by atoms with van der Waals surface area (Å²) in [4.78, 5) is 49.6. The van der Waals surface area contributed by atoms with E-state index in [0.717, 1.165) is 9.75 Å². The Morgan fingerprint density at radius 2 is 1.71 bits per heavy atom. The maximum atomic E-state index is 12.3. The number of nitrogens with two attached hydrogens (primary N) is 1. The second kappa shape index (κ2) is 9.80. The van der Waals surface area contributed by atoms with E-state index in [2.05, 4.69) is 10.6 Å².